The molecule has 0 spiro atoms. The predicted molar refractivity (Wildman–Crippen MR) is 106 cm³/mol. The Labute approximate surface area is 165 Å². The van der Waals surface area contributed by atoms with Gasteiger partial charge >= 0.3 is 5.97 Å². The first-order chi connectivity index (χ1) is 13.3. The molecule has 150 valence electrons. The highest BCUT2D eigenvalue weighted by Gasteiger charge is 2.17. The SMILES string of the molecule is COc1ccc(OC)c(/C=C/C(=O)OCc2cccc(S(=O)(=O)N(C)C)c2)c1. The van der Waals surface area contributed by atoms with E-state index < -0.39 is 16.0 Å². The number of hydrogen-bond donors (Lipinski definition) is 0. The van der Waals surface area contributed by atoms with Crippen LogP contribution in [0.4, 0.5) is 0 Å². The van der Waals surface area contributed by atoms with Crippen molar-refractivity contribution in [1.29, 1.82) is 0 Å². The van der Waals surface area contributed by atoms with E-state index in [0.29, 0.717) is 22.6 Å². The fourth-order valence-corrected chi connectivity index (χ4v) is 3.31. The lowest BCUT2D eigenvalue weighted by molar-refractivity contribution is -0.138. The van der Waals surface area contributed by atoms with E-state index in [4.69, 9.17) is 14.2 Å². The second-order valence-electron chi connectivity index (χ2n) is 5.98. The van der Waals surface area contributed by atoms with Crippen LogP contribution >= 0.6 is 0 Å². The Kier molecular flexibility index (Phi) is 7.19. The summed E-state index contributed by atoms with van der Waals surface area (Å²) < 4.78 is 41.1. The molecule has 0 bridgehead atoms. The van der Waals surface area contributed by atoms with Crippen molar-refractivity contribution < 1.29 is 27.4 Å². The highest BCUT2D eigenvalue weighted by molar-refractivity contribution is 7.89. The first kappa shape index (κ1) is 21.5. The second-order valence-corrected chi connectivity index (χ2v) is 8.14. The topological polar surface area (TPSA) is 82.1 Å². The van der Waals surface area contributed by atoms with Gasteiger partial charge in [-0.25, -0.2) is 17.5 Å². The predicted octanol–water partition coefficient (Wildman–Crippen LogP) is 2.71. The van der Waals surface area contributed by atoms with Gasteiger partial charge in [-0.2, -0.15) is 0 Å². The zero-order valence-corrected chi connectivity index (χ0v) is 17.0. The molecule has 2 rings (SSSR count). The van der Waals surface area contributed by atoms with Gasteiger partial charge < -0.3 is 14.2 Å². The molecule has 0 saturated carbocycles. The Balaban J connectivity index is 2.06. The van der Waals surface area contributed by atoms with Crippen molar-refractivity contribution in [1.82, 2.24) is 4.31 Å². The lowest BCUT2D eigenvalue weighted by Gasteiger charge is -2.12. The minimum absolute atomic E-state index is 0.0464. The summed E-state index contributed by atoms with van der Waals surface area (Å²) in [6.45, 7) is -0.0464. The van der Waals surface area contributed by atoms with E-state index in [1.165, 1.54) is 39.4 Å². The Morgan fingerprint density at radius 2 is 1.82 bits per heavy atom. The van der Waals surface area contributed by atoms with Crippen molar-refractivity contribution in [3.63, 3.8) is 0 Å². The number of nitrogens with zero attached hydrogens (tertiary/aromatic N) is 1. The molecule has 0 saturated heterocycles. The fraction of sp³-hybridized carbons (Fsp3) is 0.250. The highest BCUT2D eigenvalue weighted by Crippen LogP contribution is 2.25. The van der Waals surface area contributed by atoms with Crippen molar-refractivity contribution in [2.45, 2.75) is 11.5 Å². The zero-order valence-electron chi connectivity index (χ0n) is 16.2. The van der Waals surface area contributed by atoms with Crippen molar-refractivity contribution in [2.75, 3.05) is 28.3 Å². The molecule has 8 heteroatoms. The van der Waals surface area contributed by atoms with Crippen molar-refractivity contribution in [3.8, 4) is 11.5 Å². The van der Waals surface area contributed by atoms with Crippen LogP contribution in [0.25, 0.3) is 6.08 Å². The van der Waals surface area contributed by atoms with Gasteiger partial charge in [-0.3, -0.25) is 0 Å². The summed E-state index contributed by atoms with van der Waals surface area (Å²) >= 11 is 0. The maximum atomic E-state index is 12.2. The molecule has 7 nitrogen and oxygen atoms in total. The fourth-order valence-electron chi connectivity index (χ4n) is 2.34. The van der Waals surface area contributed by atoms with Gasteiger partial charge in [0.1, 0.15) is 18.1 Å². The molecule has 0 heterocycles. The molecule has 0 aliphatic carbocycles. The van der Waals surface area contributed by atoms with E-state index in [1.54, 1.807) is 43.5 Å². The Morgan fingerprint density at radius 3 is 2.46 bits per heavy atom. The van der Waals surface area contributed by atoms with Gasteiger partial charge in [0.2, 0.25) is 10.0 Å². The molecule has 0 amide bonds. The largest absolute Gasteiger partial charge is 0.497 e. The molecule has 0 atom stereocenters. The summed E-state index contributed by atoms with van der Waals surface area (Å²) in [5, 5.41) is 0. The molecule has 0 N–H and O–H groups in total. The quantitative estimate of drug-likeness (QED) is 0.496. The number of hydrogen-bond acceptors (Lipinski definition) is 6. The molecule has 0 radical (unpaired) electrons. The first-order valence-electron chi connectivity index (χ1n) is 8.36. The minimum Gasteiger partial charge on any atom is -0.497 e. The van der Waals surface area contributed by atoms with Gasteiger partial charge in [0.25, 0.3) is 0 Å². The van der Waals surface area contributed by atoms with Gasteiger partial charge in [0.15, 0.2) is 0 Å². The van der Waals surface area contributed by atoms with Crippen LogP contribution in [0.2, 0.25) is 0 Å². The van der Waals surface area contributed by atoms with E-state index in [2.05, 4.69) is 0 Å². The third kappa shape index (κ3) is 5.34. The Morgan fingerprint density at radius 1 is 1.07 bits per heavy atom. The monoisotopic (exact) mass is 405 g/mol. The van der Waals surface area contributed by atoms with E-state index >= 15 is 0 Å². The maximum Gasteiger partial charge on any atom is 0.331 e. The number of ether oxygens (including phenoxy) is 3. The molecule has 0 aliphatic rings. The Hall–Kier alpha value is -2.84. The van der Waals surface area contributed by atoms with E-state index in [9.17, 15) is 13.2 Å². The number of carbonyl (C=O) groups excluding carboxylic acids is 1. The van der Waals surface area contributed by atoms with Crippen LogP contribution in [0, 0.1) is 0 Å². The van der Waals surface area contributed by atoms with E-state index in [0.717, 1.165) is 4.31 Å². The average Bonchev–Trinajstić information content (AvgIpc) is 2.70. The maximum absolute atomic E-state index is 12.2. The second kappa shape index (κ2) is 9.38. The van der Waals surface area contributed by atoms with Gasteiger partial charge in [-0.1, -0.05) is 12.1 Å². The molecule has 0 aromatic heterocycles. The summed E-state index contributed by atoms with van der Waals surface area (Å²) in [5.41, 5.74) is 1.24. The number of benzene rings is 2. The average molecular weight is 405 g/mol. The summed E-state index contributed by atoms with van der Waals surface area (Å²) in [5.74, 6) is 0.657. The van der Waals surface area contributed by atoms with Crippen molar-refractivity contribution in [2.24, 2.45) is 0 Å². The molecular weight excluding hydrogens is 382 g/mol. The third-order valence-corrected chi connectivity index (χ3v) is 5.71. The van der Waals surface area contributed by atoms with E-state index in [1.807, 2.05) is 0 Å². The summed E-state index contributed by atoms with van der Waals surface area (Å²) in [6.07, 6.45) is 2.84. The van der Waals surface area contributed by atoms with E-state index in [-0.39, 0.29) is 11.5 Å². The molecule has 2 aromatic carbocycles. The van der Waals surface area contributed by atoms with Crippen LogP contribution in [0.15, 0.2) is 53.4 Å². The van der Waals surface area contributed by atoms with Crippen LogP contribution in [0.1, 0.15) is 11.1 Å². The molecule has 0 unspecified atom stereocenters. The van der Waals surface area contributed by atoms with Crippen LogP contribution in [0.5, 0.6) is 11.5 Å². The first-order valence-corrected chi connectivity index (χ1v) is 9.80. The van der Waals surface area contributed by atoms with Crippen LogP contribution in [-0.2, 0) is 26.2 Å². The van der Waals surface area contributed by atoms with Gasteiger partial charge in [-0.05, 0) is 42.0 Å². The van der Waals surface area contributed by atoms with Crippen LogP contribution in [0.3, 0.4) is 0 Å². The van der Waals surface area contributed by atoms with Gasteiger partial charge in [-0.15, -0.1) is 0 Å². The number of carbonyl (C=O) groups is 1. The molecule has 2 aromatic rings. The summed E-state index contributed by atoms with van der Waals surface area (Å²) in [6, 6.07) is 11.5. The van der Waals surface area contributed by atoms with Gasteiger partial charge in [0.05, 0.1) is 19.1 Å². The molecule has 0 aliphatic heterocycles. The Bertz CT molecular complexity index is 966. The van der Waals surface area contributed by atoms with Gasteiger partial charge in [0, 0.05) is 25.7 Å². The zero-order chi connectivity index (χ0) is 20.7. The van der Waals surface area contributed by atoms with Crippen molar-refractivity contribution in [3.05, 3.63) is 59.7 Å². The molecule has 28 heavy (non-hydrogen) atoms. The minimum atomic E-state index is -3.55. The van der Waals surface area contributed by atoms with Crippen LogP contribution in [-0.4, -0.2) is 47.0 Å². The van der Waals surface area contributed by atoms with Crippen molar-refractivity contribution >= 4 is 22.1 Å². The standard InChI is InChI=1S/C20H23NO6S/c1-21(2)28(23,24)18-7-5-6-15(12-18)14-27-20(22)11-8-16-13-17(25-3)9-10-19(16)26-4/h5-13H,14H2,1-4H3/b11-8+. The molecular formula is C20H23NO6S. The number of methoxy groups -OCH3 is 2. The lowest BCUT2D eigenvalue weighted by Crippen LogP contribution is -2.22. The number of rotatable bonds is 8. The lowest BCUT2D eigenvalue weighted by atomic mass is 10.1. The third-order valence-electron chi connectivity index (χ3n) is 3.89. The normalized spacial score (nSPS) is 11.6. The smallest absolute Gasteiger partial charge is 0.331 e. The van der Waals surface area contributed by atoms with Crippen LogP contribution < -0.4 is 9.47 Å². The summed E-state index contributed by atoms with van der Waals surface area (Å²) in [4.78, 5) is 12.2. The number of sulfonamides is 1. The molecule has 0 fully saturated rings. The number of esters is 1. The highest BCUT2D eigenvalue weighted by atomic mass is 32.2. The summed E-state index contributed by atoms with van der Waals surface area (Å²) in [7, 11) is 2.45.